The maximum Gasteiger partial charge on any atom is 0.416 e. The van der Waals surface area contributed by atoms with E-state index in [1.165, 1.54) is 19.2 Å². The largest absolute Gasteiger partial charge is 0.422 e. The van der Waals surface area contributed by atoms with Gasteiger partial charge in [0.05, 0.1) is 5.56 Å². The van der Waals surface area contributed by atoms with Gasteiger partial charge in [-0.3, -0.25) is 0 Å². The first-order valence-corrected chi connectivity index (χ1v) is 3.94. The van der Waals surface area contributed by atoms with E-state index in [0.29, 0.717) is 5.69 Å². The molecular formula is C8H9BF3NO. The van der Waals surface area contributed by atoms with Gasteiger partial charge in [-0.2, -0.15) is 13.2 Å². The van der Waals surface area contributed by atoms with Gasteiger partial charge in [0.1, 0.15) is 0 Å². The fourth-order valence-electron chi connectivity index (χ4n) is 0.933. The van der Waals surface area contributed by atoms with Crippen LogP contribution in [-0.4, -0.2) is 14.7 Å². The smallest absolute Gasteiger partial charge is 0.416 e. The molecule has 0 saturated heterocycles. The van der Waals surface area contributed by atoms with Gasteiger partial charge < -0.3 is 9.88 Å². The lowest BCUT2D eigenvalue weighted by molar-refractivity contribution is -0.137. The van der Waals surface area contributed by atoms with Gasteiger partial charge in [0.15, 0.2) is 0 Å². The highest BCUT2D eigenvalue weighted by atomic mass is 19.4. The monoisotopic (exact) mass is 203 g/mol. The minimum Gasteiger partial charge on any atom is -0.422 e. The third kappa shape index (κ3) is 2.95. The van der Waals surface area contributed by atoms with Crippen LogP contribution in [0.3, 0.4) is 0 Å². The second kappa shape index (κ2) is 4.37. The number of alkyl halides is 3. The number of rotatable bonds is 3. The van der Waals surface area contributed by atoms with Crippen LogP contribution in [0.5, 0.6) is 0 Å². The van der Waals surface area contributed by atoms with Gasteiger partial charge in [-0.25, -0.2) is 0 Å². The molecule has 1 aromatic rings. The minimum atomic E-state index is -4.28. The Morgan fingerprint density at radius 2 is 1.79 bits per heavy atom. The molecule has 1 N–H and O–H groups in total. The molecule has 0 aliphatic heterocycles. The van der Waals surface area contributed by atoms with Crippen LogP contribution < -0.4 is 5.23 Å². The first-order chi connectivity index (χ1) is 6.54. The number of benzene rings is 1. The Balaban J connectivity index is 2.69. The summed E-state index contributed by atoms with van der Waals surface area (Å²) in [5.41, 5.74) is -0.0553. The van der Waals surface area contributed by atoms with Crippen molar-refractivity contribution in [1.82, 2.24) is 0 Å². The van der Waals surface area contributed by atoms with Crippen LogP contribution in [0.25, 0.3) is 0 Å². The molecule has 76 valence electrons. The Kier molecular flexibility index (Phi) is 3.40. The van der Waals surface area contributed by atoms with Crippen LogP contribution in [0.1, 0.15) is 5.56 Å². The highest BCUT2D eigenvalue weighted by molar-refractivity contribution is 6.32. The molecule has 0 atom stereocenters. The van der Waals surface area contributed by atoms with Crippen molar-refractivity contribution >= 4 is 13.3 Å². The predicted molar refractivity (Wildman–Crippen MR) is 49.2 cm³/mol. The standard InChI is InChI=1S/C8H9BF3NO/c1-14-9-13-7-4-2-6(3-5-7)8(10,11)12/h2-5,9,13H,1H3. The minimum absolute atomic E-state index is 0.269. The zero-order valence-corrected chi connectivity index (χ0v) is 7.56. The number of halogens is 3. The summed E-state index contributed by atoms with van der Waals surface area (Å²) >= 11 is 0. The molecule has 14 heavy (non-hydrogen) atoms. The Morgan fingerprint density at radius 1 is 1.21 bits per heavy atom. The molecule has 0 unspecified atom stereocenters. The molecule has 0 aliphatic carbocycles. The average molecular weight is 203 g/mol. The maximum absolute atomic E-state index is 12.1. The van der Waals surface area contributed by atoms with Gasteiger partial charge in [-0.05, 0) is 24.3 Å². The van der Waals surface area contributed by atoms with E-state index in [9.17, 15) is 13.2 Å². The topological polar surface area (TPSA) is 21.3 Å². The summed E-state index contributed by atoms with van der Waals surface area (Å²) in [5.74, 6) is 0. The maximum atomic E-state index is 12.1. The van der Waals surface area contributed by atoms with Crippen LogP contribution in [0, 0.1) is 0 Å². The van der Waals surface area contributed by atoms with Crippen LogP contribution in [0.15, 0.2) is 24.3 Å². The summed E-state index contributed by atoms with van der Waals surface area (Å²) in [7, 11) is 1.77. The van der Waals surface area contributed by atoms with Gasteiger partial charge in [-0.1, -0.05) is 0 Å². The Morgan fingerprint density at radius 3 is 2.21 bits per heavy atom. The normalized spacial score (nSPS) is 11.1. The summed E-state index contributed by atoms with van der Waals surface area (Å²) in [6.45, 7) is 0. The summed E-state index contributed by atoms with van der Waals surface area (Å²) in [4.78, 5) is 0. The van der Waals surface area contributed by atoms with E-state index in [2.05, 4.69) is 5.23 Å². The first-order valence-electron chi connectivity index (χ1n) is 3.94. The predicted octanol–water partition coefficient (Wildman–Crippen LogP) is 2.03. The molecule has 0 saturated carbocycles. The lowest BCUT2D eigenvalue weighted by atomic mass is 10.1. The quantitative estimate of drug-likeness (QED) is 0.758. The highest BCUT2D eigenvalue weighted by Gasteiger charge is 2.29. The van der Waals surface area contributed by atoms with E-state index < -0.39 is 11.7 Å². The van der Waals surface area contributed by atoms with Gasteiger partial charge in [0.25, 0.3) is 0 Å². The second-order valence-corrected chi connectivity index (χ2v) is 2.68. The molecule has 6 heteroatoms. The molecule has 0 heterocycles. The van der Waals surface area contributed by atoms with Crippen molar-refractivity contribution in [3.05, 3.63) is 29.8 Å². The van der Waals surface area contributed by atoms with Crippen LogP contribution >= 0.6 is 0 Å². The Hall–Kier alpha value is -1.17. The van der Waals surface area contributed by atoms with Crippen molar-refractivity contribution in [1.29, 1.82) is 0 Å². The van der Waals surface area contributed by atoms with Gasteiger partial charge in [0, 0.05) is 12.8 Å². The molecule has 0 amide bonds. The zero-order chi connectivity index (χ0) is 10.6. The Labute approximate surface area is 80.4 Å². The lowest BCUT2D eigenvalue weighted by Crippen LogP contribution is -2.09. The van der Waals surface area contributed by atoms with Crippen LogP contribution in [-0.2, 0) is 10.8 Å². The van der Waals surface area contributed by atoms with E-state index in [0.717, 1.165) is 12.1 Å². The summed E-state index contributed by atoms with van der Waals surface area (Å²) in [5, 5.41) is 2.78. The van der Waals surface area contributed by atoms with Gasteiger partial charge >= 0.3 is 13.8 Å². The van der Waals surface area contributed by atoms with Crippen molar-refractivity contribution in [3.8, 4) is 0 Å². The summed E-state index contributed by atoms with van der Waals surface area (Å²) < 4.78 is 41.1. The van der Waals surface area contributed by atoms with E-state index >= 15 is 0 Å². The van der Waals surface area contributed by atoms with Crippen LogP contribution in [0.2, 0.25) is 0 Å². The van der Waals surface area contributed by atoms with Crippen molar-refractivity contribution in [3.63, 3.8) is 0 Å². The molecule has 0 radical (unpaired) electrons. The molecule has 1 rings (SSSR count). The van der Waals surface area contributed by atoms with Crippen molar-refractivity contribution in [2.75, 3.05) is 12.3 Å². The third-order valence-corrected chi connectivity index (χ3v) is 1.63. The molecule has 0 fully saturated rings. The van der Waals surface area contributed by atoms with E-state index in [4.69, 9.17) is 4.65 Å². The number of anilines is 1. The van der Waals surface area contributed by atoms with E-state index in [1.807, 2.05) is 0 Å². The Bertz CT molecular complexity index is 286. The summed E-state index contributed by atoms with van der Waals surface area (Å²) in [6.07, 6.45) is -4.28. The SMILES string of the molecule is COBNc1ccc(C(F)(F)F)cc1. The molecule has 0 aromatic heterocycles. The van der Waals surface area contributed by atoms with Crippen molar-refractivity contribution in [2.24, 2.45) is 0 Å². The van der Waals surface area contributed by atoms with Gasteiger partial charge in [0.2, 0.25) is 0 Å². The number of hydrogen-bond acceptors (Lipinski definition) is 2. The number of hydrogen-bond donors (Lipinski definition) is 1. The fraction of sp³-hybridized carbons (Fsp3) is 0.250. The van der Waals surface area contributed by atoms with Crippen molar-refractivity contribution < 1.29 is 17.8 Å². The van der Waals surface area contributed by atoms with E-state index in [1.54, 1.807) is 0 Å². The molecule has 0 bridgehead atoms. The average Bonchev–Trinajstić information content (AvgIpc) is 2.14. The molecule has 1 aromatic carbocycles. The van der Waals surface area contributed by atoms with E-state index in [-0.39, 0.29) is 7.62 Å². The second-order valence-electron chi connectivity index (χ2n) is 2.68. The fourth-order valence-corrected chi connectivity index (χ4v) is 0.933. The molecular weight excluding hydrogens is 194 g/mol. The van der Waals surface area contributed by atoms with Gasteiger partial charge in [-0.15, -0.1) is 0 Å². The highest BCUT2D eigenvalue weighted by Crippen LogP contribution is 2.29. The first kappa shape index (κ1) is 10.9. The molecule has 2 nitrogen and oxygen atoms in total. The van der Waals surface area contributed by atoms with Crippen molar-refractivity contribution in [2.45, 2.75) is 6.18 Å². The number of nitrogens with one attached hydrogen (secondary N) is 1. The molecule has 0 aliphatic rings. The molecule has 0 spiro atoms. The third-order valence-electron chi connectivity index (χ3n) is 1.63. The summed E-state index contributed by atoms with van der Waals surface area (Å²) in [6, 6.07) is 4.78. The van der Waals surface area contributed by atoms with Crippen LogP contribution in [0.4, 0.5) is 18.9 Å². The lowest BCUT2D eigenvalue weighted by Gasteiger charge is -2.08. The zero-order valence-electron chi connectivity index (χ0n) is 7.56.